The Labute approximate surface area is 215 Å². The van der Waals surface area contributed by atoms with Crippen molar-refractivity contribution in [2.45, 2.75) is 158 Å². The highest BCUT2D eigenvalue weighted by Gasteiger charge is 2.40. The van der Waals surface area contributed by atoms with Crippen LogP contribution in [0.3, 0.4) is 0 Å². The summed E-state index contributed by atoms with van der Waals surface area (Å²) in [6.45, 7) is 4.96. The van der Waals surface area contributed by atoms with E-state index in [1.165, 1.54) is 115 Å². The number of carbonyl (C=O) groups excluding carboxylic acids is 1. The van der Waals surface area contributed by atoms with Crippen LogP contribution in [0.25, 0.3) is 0 Å². The third-order valence-electron chi connectivity index (χ3n) is 11.2. The largest absolute Gasteiger partial charge is 0.302 e. The van der Waals surface area contributed by atoms with Crippen molar-refractivity contribution >= 4 is 18.0 Å². The first kappa shape index (κ1) is 25.6. The van der Waals surface area contributed by atoms with E-state index in [1.54, 1.807) is 0 Å². The van der Waals surface area contributed by atoms with Crippen molar-refractivity contribution in [3.05, 3.63) is 0 Å². The lowest BCUT2D eigenvalue weighted by molar-refractivity contribution is -0.107. The minimum atomic E-state index is 0.306. The van der Waals surface area contributed by atoms with Crippen molar-refractivity contribution < 1.29 is 4.79 Å². The van der Waals surface area contributed by atoms with E-state index in [2.05, 4.69) is 18.7 Å². The van der Waals surface area contributed by atoms with Crippen molar-refractivity contribution in [1.29, 1.82) is 0 Å². The van der Waals surface area contributed by atoms with Gasteiger partial charge >= 0.3 is 0 Å². The Kier molecular flexibility index (Phi) is 9.06. The molecule has 5 fully saturated rings. The van der Waals surface area contributed by atoms with E-state index >= 15 is 0 Å². The molecule has 1 saturated heterocycles. The average molecular weight is 488 g/mol. The molecule has 0 aromatic carbocycles. The Balaban J connectivity index is 1.13. The Bertz CT molecular complexity index is 599. The van der Waals surface area contributed by atoms with Gasteiger partial charge in [-0.1, -0.05) is 13.8 Å². The van der Waals surface area contributed by atoms with Crippen molar-refractivity contribution in [3.63, 3.8) is 0 Å². The Morgan fingerprint density at radius 1 is 0.529 bits per heavy atom. The summed E-state index contributed by atoms with van der Waals surface area (Å²) in [4.78, 5) is 14.3. The lowest BCUT2D eigenvalue weighted by atomic mass is 9.69. The van der Waals surface area contributed by atoms with Crippen LogP contribution in [0.5, 0.6) is 0 Å². The first-order valence-corrected chi connectivity index (χ1v) is 16.4. The van der Waals surface area contributed by atoms with Gasteiger partial charge in [0.05, 0.1) is 5.25 Å². The zero-order valence-electron chi connectivity index (χ0n) is 22.3. The topological polar surface area (TPSA) is 20.3 Å². The van der Waals surface area contributed by atoms with E-state index in [9.17, 15) is 4.79 Å². The quantitative estimate of drug-likeness (QED) is 0.352. The highest BCUT2D eigenvalue weighted by Crippen LogP contribution is 2.47. The van der Waals surface area contributed by atoms with E-state index in [0.29, 0.717) is 5.25 Å². The molecule has 194 valence electrons. The first-order chi connectivity index (χ1) is 16.6. The van der Waals surface area contributed by atoms with E-state index < -0.39 is 0 Å². The van der Waals surface area contributed by atoms with Crippen LogP contribution >= 0.6 is 11.8 Å². The van der Waals surface area contributed by atoms with Gasteiger partial charge < -0.3 is 4.79 Å². The van der Waals surface area contributed by atoms with Gasteiger partial charge in [-0.3, -0.25) is 4.90 Å². The molecule has 4 saturated carbocycles. The SMILES string of the molecule is CC1CCC(N(C2CCC(C)CC2)C2CCC(C3CCC(C4CCC(C=O)S4)CC3)CC2)CC1. The molecule has 5 aliphatic rings. The number of hydrogen-bond donors (Lipinski definition) is 0. The second kappa shape index (κ2) is 12.0. The average Bonchev–Trinajstić information content (AvgIpc) is 3.37. The van der Waals surface area contributed by atoms with Gasteiger partial charge in [-0.05, 0) is 145 Å². The van der Waals surface area contributed by atoms with Crippen LogP contribution in [-0.2, 0) is 4.79 Å². The summed E-state index contributed by atoms with van der Waals surface area (Å²) in [5.74, 6) is 4.84. The van der Waals surface area contributed by atoms with Gasteiger partial charge in [-0.15, -0.1) is 11.8 Å². The van der Waals surface area contributed by atoms with Crippen molar-refractivity contribution in [3.8, 4) is 0 Å². The zero-order valence-corrected chi connectivity index (χ0v) is 23.2. The second-order valence-electron chi connectivity index (χ2n) is 13.4. The molecule has 0 bridgehead atoms. The summed E-state index contributed by atoms with van der Waals surface area (Å²) in [7, 11) is 0. The molecule has 0 spiro atoms. The standard InChI is InChI=1S/C31H53NOS/c1-22-3-13-27(14-4-22)32(28-15-5-23(2)6-16-28)29-17-11-25(12-18-29)24-7-9-26(10-8-24)31-20-19-30(21-33)34-31/h21-31H,3-20H2,1-2H3. The highest BCUT2D eigenvalue weighted by molar-refractivity contribution is 8.01. The third kappa shape index (κ3) is 6.09. The Hall–Kier alpha value is -0.0200. The number of thioether (sulfide) groups is 1. The summed E-state index contributed by atoms with van der Waals surface area (Å²) in [5.41, 5.74) is 0. The van der Waals surface area contributed by atoms with Crippen LogP contribution in [0.1, 0.15) is 129 Å². The molecule has 1 heterocycles. The molecule has 0 aromatic heterocycles. The lowest BCUT2D eigenvalue weighted by Gasteiger charge is -2.50. The van der Waals surface area contributed by atoms with Gasteiger partial charge in [-0.2, -0.15) is 0 Å². The monoisotopic (exact) mass is 487 g/mol. The molecule has 4 aliphatic carbocycles. The van der Waals surface area contributed by atoms with Gasteiger partial charge in [0.2, 0.25) is 0 Å². The fourth-order valence-electron chi connectivity index (χ4n) is 8.97. The molecule has 0 amide bonds. The van der Waals surface area contributed by atoms with Crippen molar-refractivity contribution in [2.75, 3.05) is 0 Å². The van der Waals surface area contributed by atoms with E-state index in [1.807, 2.05) is 11.8 Å². The minimum absolute atomic E-state index is 0.306. The van der Waals surface area contributed by atoms with Gasteiger partial charge in [0.1, 0.15) is 6.29 Å². The zero-order chi connectivity index (χ0) is 23.5. The molecule has 2 unspecified atom stereocenters. The number of hydrogen-bond acceptors (Lipinski definition) is 3. The molecule has 2 atom stereocenters. The fraction of sp³-hybridized carbons (Fsp3) is 0.968. The molecule has 0 N–H and O–H groups in total. The number of aldehydes is 1. The maximum atomic E-state index is 11.2. The predicted molar refractivity (Wildman–Crippen MR) is 146 cm³/mol. The number of carbonyl (C=O) groups is 1. The smallest absolute Gasteiger partial charge is 0.132 e. The van der Waals surface area contributed by atoms with Crippen LogP contribution in [0.4, 0.5) is 0 Å². The van der Waals surface area contributed by atoms with Gasteiger partial charge in [0.25, 0.3) is 0 Å². The number of nitrogens with zero attached hydrogens (tertiary/aromatic N) is 1. The molecule has 1 aliphatic heterocycles. The van der Waals surface area contributed by atoms with Crippen LogP contribution in [-0.4, -0.2) is 39.8 Å². The summed E-state index contributed by atoms with van der Waals surface area (Å²) in [6, 6.07) is 2.68. The molecular formula is C31H53NOS. The molecule has 0 aromatic rings. The first-order valence-electron chi connectivity index (χ1n) is 15.5. The summed E-state index contributed by atoms with van der Waals surface area (Å²) < 4.78 is 0. The molecule has 0 radical (unpaired) electrons. The predicted octanol–water partition coefficient (Wildman–Crippen LogP) is 8.27. The molecule has 34 heavy (non-hydrogen) atoms. The van der Waals surface area contributed by atoms with E-state index in [-0.39, 0.29) is 0 Å². The third-order valence-corrected chi connectivity index (χ3v) is 12.9. The van der Waals surface area contributed by atoms with Crippen molar-refractivity contribution in [2.24, 2.45) is 29.6 Å². The maximum absolute atomic E-state index is 11.2. The second-order valence-corrected chi connectivity index (χ2v) is 14.9. The maximum Gasteiger partial charge on any atom is 0.132 e. The Morgan fingerprint density at radius 2 is 0.941 bits per heavy atom. The number of rotatable bonds is 6. The molecule has 3 heteroatoms. The minimum Gasteiger partial charge on any atom is -0.302 e. The van der Waals surface area contributed by atoms with Crippen LogP contribution in [0, 0.1) is 29.6 Å². The van der Waals surface area contributed by atoms with Crippen LogP contribution < -0.4 is 0 Å². The molecule has 2 nitrogen and oxygen atoms in total. The summed E-state index contributed by atoms with van der Waals surface area (Å²) in [5, 5.41) is 1.09. The van der Waals surface area contributed by atoms with Gasteiger partial charge in [0.15, 0.2) is 0 Å². The molecule has 5 rings (SSSR count). The van der Waals surface area contributed by atoms with Crippen LogP contribution in [0.15, 0.2) is 0 Å². The summed E-state index contributed by atoms with van der Waals surface area (Å²) in [6.07, 6.45) is 27.3. The highest BCUT2D eigenvalue weighted by atomic mass is 32.2. The molecular weight excluding hydrogens is 434 g/mol. The van der Waals surface area contributed by atoms with Gasteiger partial charge in [-0.25, -0.2) is 0 Å². The normalized spacial score (nSPS) is 46.4. The summed E-state index contributed by atoms with van der Waals surface area (Å²) >= 11 is 2.01. The lowest BCUT2D eigenvalue weighted by Crippen LogP contribution is -2.52. The van der Waals surface area contributed by atoms with Gasteiger partial charge in [0, 0.05) is 23.4 Å². The fourth-order valence-corrected chi connectivity index (χ4v) is 10.5. The van der Waals surface area contributed by atoms with E-state index in [4.69, 9.17) is 0 Å². The Morgan fingerprint density at radius 3 is 1.38 bits per heavy atom. The van der Waals surface area contributed by atoms with E-state index in [0.717, 1.165) is 59.4 Å². The van der Waals surface area contributed by atoms with Crippen LogP contribution in [0.2, 0.25) is 0 Å². The van der Waals surface area contributed by atoms with Crippen molar-refractivity contribution in [1.82, 2.24) is 4.90 Å².